The standard InChI is InChI=1S/C37H36N10O/c1-46-23-43-32-15-28(19-41-36(32)46)35-29(16-38)20-40-33(45-35)14-24-8-10-26(11-9-24)34(37(48)42-17-25-6-4-3-5-7-25)31-13-12-27(18-39-31)30-21-44-47(2)22-30/h3-7,12-13,15,18-24,26,34H,8-11,14,17H2,1-2H3,(H,42,48)/t24-,26-,34?. The van der Waals surface area contributed by atoms with Crippen molar-refractivity contribution in [1.82, 2.24) is 44.6 Å². The summed E-state index contributed by atoms with van der Waals surface area (Å²) < 4.78 is 3.63. The Morgan fingerprint density at radius 2 is 1.75 bits per heavy atom. The van der Waals surface area contributed by atoms with Gasteiger partial charge in [0.05, 0.1) is 35.4 Å². The molecule has 1 saturated carbocycles. The number of fused-ring (bicyclic) bond motifs is 1. The average Bonchev–Trinajstić information content (AvgIpc) is 3.73. The molecular weight excluding hydrogens is 600 g/mol. The van der Waals surface area contributed by atoms with Gasteiger partial charge in [-0.1, -0.05) is 36.4 Å². The second-order valence-electron chi connectivity index (χ2n) is 12.6. The van der Waals surface area contributed by atoms with Crippen LogP contribution in [-0.2, 0) is 31.9 Å². The normalized spacial score (nSPS) is 16.8. The van der Waals surface area contributed by atoms with Crippen molar-refractivity contribution in [3.05, 3.63) is 108 Å². The molecule has 1 N–H and O–H groups in total. The first-order valence-electron chi connectivity index (χ1n) is 16.2. The molecular formula is C37H36N10O. The lowest BCUT2D eigenvalue weighted by Gasteiger charge is -2.33. The molecule has 11 heteroatoms. The van der Waals surface area contributed by atoms with Crippen molar-refractivity contribution in [2.75, 3.05) is 0 Å². The Kier molecular flexibility index (Phi) is 8.71. The summed E-state index contributed by atoms with van der Waals surface area (Å²) in [5.74, 6) is 0.875. The number of aromatic nitrogens is 8. The maximum atomic E-state index is 13.8. The van der Waals surface area contributed by atoms with Gasteiger partial charge in [-0.05, 0) is 55.2 Å². The van der Waals surface area contributed by atoms with Gasteiger partial charge in [-0.2, -0.15) is 10.4 Å². The lowest BCUT2D eigenvalue weighted by molar-refractivity contribution is -0.124. The molecule has 1 atom stereocenters. The molecule has 0 radical (unpaired) electrons. The molecule has 0 spiro atoms. The van der Waals surface area contributed by atoms with E-state index in [2.05, 4.69) is 31.4 Å². The number of pyridine rings is 2. The summed E-state index contributed by atoms with van der Waals surface area (Å²) >= 11 is 0. The molecule has 11 nitrogen and oxygen atoms in total. The number of imidazole rings is 1. The van der Waals surface area contributed by atoms with E-state index in [0.29, 0.717) is 36.0 Å². The molecule has 5 aromatic heterocycles. The first-order chi connectivity index (χ1) is 23.4. The van der Waals surface area contributed by atoms with E-state index in [1.807, 2.05) is 85.8 Å². The number of amides is 1. The maximum Gasteiger partial charge on any atom is 0.229 e. The third-order valence-electron chi connectivity index (χ3n) is 9.35. The molecule has 1 fully saturated rings. The highest BCUT2D eigenvalue weighted by Crippen LogP contribution is 2.39. The zero-order valence-corrected chi connectivity index (χ0v) is 27.0. The van der Waals surface area contributed by atoms with Crippen molar-refractivity contribution in [2.24, 2.45) is 25.9 Å². The highest BCUT2D eigenvalue weighted by Gasteiger charge is 2.34. The maximum absolute atomic E-state index is 13.8. The Hall–Kier alpha value is -5.76. The van der Waals surface area contributed by atoms with Crippen LogP contribution in [0.5, 0.6) is 0 Å². The van der Waals surface area contributed by atoms with Crippen LogP contribution in [0.3, 0.4) is 0 Å². The first kappa shape index (κ1) is 30.9. The van der Waals surface area contributed by atoms with E-state index in [0.717, 1.165) is 64.8 Å². The van der Waals surface area contributed by atoms with Crippen LogP contribution in [-0.4, -0.2) is 45.2 Å². The third kappa shape index (κ3) is 6.55. The highest BCUT2D eigenvalue weighted by atomic mass is 16.1. The van der Waals surface area contributed by atoms with E-state index in [9.17, 15) is 10.1 Å². The Labute approximate surface area is 278 Å². The molecule has 1 aliphatic rings. The van der Waals surface area contributed by atoms with Crippen LogP contribution in [0.25, 0.3) is 33.5 Å². The van der Waals surface area contributed by atoms with Crippen LogP contribution in [0, 0.1) is 23.2 Å². The minimum absolute atomic E-state index is 0.00230. The number of rotatable bonds is 9. The van der Waals surface area contributed by atoms with Gasteiger partial charge in [0.25, 0.3) is 0 Å². The summed E-state index contributed by atoms with van der Waals surface area (Å²) in [7, 11) is 3.79. The topological polar surface area (TPSA) is 140 Å². The number of aryl methyl sites for hydroxylation is 2. The SMILES string of the molecule is Cn1cc(-c2ccc(C(C(=O)NCc3ccccc3)[C@H]3CC[C@H](Cc4ncc(C#N)c(-c5cnc6c(c5)ncn6C)n4)CC3)nc2)cn1. The van der Waals surface area contributed by atoms with Gasteiger partial charge in [-0.25, -0.2) is 19.9 Å². The van der Waals surface area contributed by atoms with Gasteiger partial charge in [-0.3, -0.25) is 14.5 Å². The smallest absolute Gasteiger partial charge is 0.229 e. The van der Waals surface area contributed by atoms with Gasteiger partial charge in [0, 0.05) is 68.5 Å². The number of benzene rings is 1. The van der Waals surface area contributed by atoms with Crippen molar-refractivity contribution < 1.29 is 4.79 Å². The predicted molar refractivity (Wildman–Crippen MR) is 181 cm³/mol. The zero-order chi connectivity index (χ0) is 33.0. The van der Waals surface area contributed by atoms with Crippen LogP contribution >= 0.6 is 0 Å². The lowest BCUT2D eigenvalue weighted by Crippen LogP contribution is -2.35. The molecule has 6 aromatic rings. The molecule has 1 amide bonds. The Morgan fingerprint density at radius 1 is 0.938 bits per heavy atom. The summed E-state index contributed by atoms with van der Waals surface area (Å²) in [6, 6.07) is 18.1. The van der Waals surface area contributed by atoms with Gasteiger partial charge < -0.3 is 9.88 Å². The zero-order valence-electron chi connectivity index (χ0n) is 27.0. The van der Waals surface area contributed by atoms with E-state index in [1.54, 1.807) is 23.4 Å². The Balaban J connectivity index is 1.07. The molecule has 0 saturated heterocycles. The number of nitrogens with zero attached hydrogens (tertiary/aromatic N) is 9. The number of nitriles is 1. The number of hydrogen-bond acceptors (Lipinski definition) is 8. The van der Waals surface area contributed by atoms with Crippen LogP contribution in [0.4, 0.5) is 0 Å². The average molecular weight is 637 g/mol. The van der Waals surface area contributed by atoms with Crippen molar-refractivity contribution in [1.29, 1.82) is 5.26 Å². The molecule has 1 unspecified atom stereocenters. The molecule has 1 aliphatic carbocycles. The second kappa shape index (κ2) is 13.5. The fraction of sp³-hybridized carbons (Fsp3) is 0.297. The lowest BCUT2D eigenvalue weighted by atomic mass is 9.73. The van der Waals surface area contributed by atoms with Crippen molar-refractivity contribution in [3.8, 4) is 28.5 Å². The van der Waals surface area contributed by atoms with Crippen LogP contribution in [0.15, 0.2) is 85.8 Å². The van der Waals surface area contributed by atoms with Crippen LogP contribution in [0.2, 0.25) is 0 Å². The first-order valence-corrected chi connectivity index (χ1v) is 16.2. The van der Waals surface area contributed by atoms with Crippen LogP contribution in [0.1, 0.15) is 54.2 Å². The summed E-state index contributed by atoms with van der Waals surface area (Å²) in [5, 5.41) is 17.3. The van der Waals surface area contributed by atoms with Gasteiger partial charge in [0.2, 0.25) is 5.91 Å². The predicted octanol–water partition coefficient (Wildman–Crippen LogP) is 5.54. The molecule has 7 rings (SSSR count). The number of carbonyl (C=O) groups is 1. The largest absolute Gasteiger partial charge is 0.351 e. The van der Waals surface area contributed by atoms with Crippen molar-refractivity contribution >= 4 is 17.1 Å². The summed E-state index contributed by atoms with van der Waals surface area (Å²) in [6.45, 7) is 0.473. The fourth-order valence-corrected chi connectivity index (χ4v) is 6.76. The summed E-state index contributed by atoms with van der Waals surface area (Å²) in [5.41, 5.74) is 7.06. The van der Waals surface area contributed by atoms with E-state index in [4.69, 9.17) is 9.97 Å². The van der Waals surface area contributed by atoms with Gasteiger partial charge >= 0.3 is 0 Å². The fourth-order valence-electron chi connectivity index (χ4n) is 6.76. The van der Waals surface area contributed by atoms with Crippen molar-refractivity contribution in [2.45, 2.75) is 44.6 Å². The molecule has 0 aliphatic heterocycles. The number of nitrogens with one attached hydrogen (secondary N) is 1. The van der Waals surface area contributed by atoms with Gasteiger partial charge in [-0.15, -0.1) is 0 Å². The van der Waals surface area contributed by atoms with Crippen LogP contribution < -0.4 is 5.32 Å². The molecule has 5 heterocycles. The molecule has 240 valence electrons. The van der Waals surface area contributed by atoms with Gasteiger partial charge in [0.1, 0.15) is 17.4 Å². The minimum atomic E-state index is -0.357. The summed E-state index contributed by atoms with van der Waals surface area (Å²) in [6.07, 6.45) is 15.1. The minimum Gasteiger partial charge on any atom is -0.351 e. The van der Waals surface area contributed by atoms with E-state index in [-0.39, 0.29) is 17.7 Å². The second-order valence-corrected chi connectivity index (χ2v) is 12.6. The molecule has 0 bridgehead atoms. The highest BCUT2D eigenvalue weighted by molar-refractivity contribution is 5.83. The van der Waals surface area contributed by atoms with Gasteiger partial charge in [0.15, 0.2) is 5.65 Å². The van der Waals surface area contributed by atoms with E-state index in [1.165, 1.54) is 0 Å². The number of hydrogen-bond donors (Lipinski definition) is 1. The quantitative estimate of drug-likeness (QED) is 0.218. The molecule has 48 heavy (non-hydrogen) atoms. The summed E-state index contributed by atoms with van der Waals surface area (Å²) in [4.78, 5) is 37.0. The van der Waals surface area contributed by atoms with E-state index >= 15 is 0 Å². The van der Waals surface area contributed by atoms with Crippen molar-refractivity contribution in [3.63, 3.8) is 0 Å². The van der Waals surface area contributed by atoms with E-state index < -0.39 is 0 Å². The monoisotopic (exact) mass is 636 g/mol. The Morgan fingerprint density at radius 3 is 2.48 bits per heavy atom. The Bertz CT molecular complexity index is 2090. The number of carbonyl (C=O) groups excluding carboxylic acids is 1. The third-order valence-corrected chi connectivity index (χ3v) is 9.35. The molecule has 1 aromatic carbocycles.